The van der Waals surface area contributed by atoms with Crippen molar-refractivity contribution < 1.29 is 31.9 Å². The number of ether oxygens (including phenoxy) is 1. The molecule has 1 aromatic carbocycles. The van der Waals surface area contributed by atoms with Gasteiger partial charge in [-0.3, -0.25) is 0 Å². The lowest BCUT2D eigenvalue weighted by molar-refractivity contribution is -0.142. The van der Waals surface area contributed by atoms with E-state index in [0.29, 0.717) is 6.07 Å². The lowest BCUT2D eigenvalue weighted by atomic mass is 10.1. The molecule has 0 spiro atoms. The zero-order valence-electron chi connectivity index (χ0n) is 12.0. The molecule has 0 heterocycles. The lowest BCUT2D eigenvalue weighted by Crippen LogP contribution is -2.41. The van der Waals surface area contributed by atoms with E-state index in [2.05, 4.69) is 15.4 Å². The van der Waals surface area contributed by atoms with Gasteiger partial charge in [0, 0.05) is 5.69 Å². The van der Waals surface area contributed by atoms with Crippen LogP contribution in [-0.4, -0.2) is 25.2 Å². The van der Waals surface area contributed by atoms with Crippen LogP contribution >= 0.6 is 0 Å². The molecule has 0 aromatic heterocycles. The normalized spacial score (nSPS) is 12.5. The van der Waals surface area contributed by atoms with E-state index in [4.69, 9.17) is 0 Å². The molecule has 9 heteroatoms. The first-order chi connectivity index (χ1) is 10.1. The Morgan fingerprint density at radius 1 is 1.27 bits per heavy atom. The number of benzene rings is 1. The molecule has 1 atom stereocenters. The summed E-state index contributed by atoms with van der Waals surface area (Å²) in [6.45, 7) is 2.37. The number of amides is 2. The number of anilines is 1. The Balaban J connectivity index is 2.96. The van der Waals surface area contributed by atoms with Crippen LogP contribution in [0.4, 0.5) is 28.0 Å². The zero-order valence-corrected chi connectivity index (χ0v) is 12.0. The number of carbonyl (C=O) groups is 2. The summed E-state index contributed by atoms with van der Waals surface area (Å²) in [6.07, 6.45) is -4.89. The van der Waals surface area contributed by atoms with E-state index in [1.54, 1.807) is 0 Å². The summed E-state index contributed by atoms with van der Waals surface area (Å²) in [5.74, 6) is -2.15. The highest BCUT2D eigenvalue weighted by atomic mass is 19.4. The second-order valence-electron chi connectivity index (χ2n) is 4.44. The number of nitrogens with one attached hydrogen (secondary N) is 2. The van der Waals surface area contributed by atoms with Crippen molar-refractivity contribution in [1.82, 2.24) is 5.32 Å². The molecule has 0 aliphatic rings. The van der Waals surface area contributed by atoms with E-state index in [9.17, 15) is 27.2 Å². The van der Waals surface area contributed by atoms with E-state index in [1.165, 1.54) is 6.92 Å². The summed E-state index contributed by atoms with van der Waals surface area (Å²) in [5, 5.41) is 4.31. The van der Waals surface area contributed by atoms with E-state index < -0.39 is 41.2 Å². The minimum Gasteiger partial charge on any atom is -0.467 e. The standard InChI is InChI=1S/C13H14F4N2O3/c1-6-9(5-4-8(14)10(6)13(15,16)17)19-12(21)18-7(2)11(20)22-3/h4-5,7H,1-3H3,(H2,18,19,21). The SMILES string of the molecule is COC(=O)C(C)NC(=O)Nc1ccc(F)c(C(F)(F)F)c1C. The van der Waals surface area contributed by atoms with Gasteiger partial charge >= 0.3 is 18.2 Å². The molecular formula is C13H14F4N2O3. The Morgan fingerprint density at radius 2 is 1.86 bits per heavy atom. The number of alkyl halides is 3. The molecule has 22 heavy (non-hydrogen) atoms. The van der Waals surface area contributed by atoms with Gasteiger partial charge in [-0.1, -0.05) is 0 Å². The van der Waals surface area contributed by atoms with Gasteiger partial charge in [-0.05, 0) is 31.5 Å². The highest BCUT2D eigenvalue weighted by molar-refractivity contribution is 5.93. The first-order valence-electron chi connectivity index (χ1n) is 6.09. The number of hydrogen-bond acceptors (Lipinski definition) is 3. The molecule has 0 radical (unpaired) electrons. The molecule has 1 rings (SSSR count). The van der Waals surface area contributed by atoms with Crippen LogP contribution in [0.5, 0.6) is 0 Å². The van der Waals surface area contributed by atoms with Crippen molar-refractivity contribution in [3.8, 4) is 0 Å². The molecule has 2 N–H and O–H groups in total. The predicted octanol–water partition coefficient (Wildman–Crippen LogP) is 2.84. The summed E-state index contributed by atoms with van der Waals surface area (Å²) in [6, 6.07) is -0.300. The Kier molecular flexibility index (Phi) is 5.34. The van der Waals surface area contributed by atoms with Crippen LogP contribution in [0, 0.1) is 12.7 Å². The molecular weight excluding hydrogens is 308 g/mol. The number of urea groups is 1. The lowest BCUT2D eigenvalue weighted by Gasteiger charge is -2.17. The third-order valence-corrected chi connectivity index (χ3v) is 2.85. The Morgan fingerprint density at radius 3 is 2.36 bits per heavy atom. The van der Waals surface area contributed by atoms with Gasteiger partial charge in [0.05, 0.1) is 12.7 Å². The summed E-state index contributed by atoms with van der Waals surface area (Å²) in [7, 11) is 1.12. The number of carbonyl (C=O) groups excluding carboxylic acids is 2. The second kappa shape index (κ2) is 6.63. The maximum absolute atomic E-state index is 13.3. The molecule has 0 bridgehead atoms. The van der Waals surface area contributed by atoms with Crippen LogP contribution < -0.4 is 10.6 Å². The maximum Gasteiger partial charge on any atom is 0.419 e. The van der Waals surface area contributed by atoms with Crippen molar-refractivity contribution in [2.75, 3.05) is 12.4 Å². The smallest absolute Gasteiger partial charge is 0.419 e. The van der Waals surface area contributed by atoms with Crippen LogP contribution in [0.15, 0.2) is 12.1 Å². The van der Waals surface area contributed by atoms with Crippen molar-refractivity contribution in [2.24, 2.45) is 0 Å². The van der Waals surface area contributed by atoms with Gasteiger partial charge in [-0.2, -0.15) is 13.2 Å². The minimum absolute atomic E-state index is 0.219. The fourth-order valence-electron chi connectivity index (χ4n) is 1.75. The highest BCUT2D eigenvalue weighted by Crippen LogP contribution is 2.36. The number of methoxy groups -OCH3 is 1. The Bertz CT molecular complexity index is 587. The summed E-state index contributed by atoms with van der Waals surface area (Å²) in [5.41, 5.74) is -2.14. The molecule has 0 saturated carbocycles. The molecule has 0 saturated heterocycles. The molecule has 0 aliphatic heterocycles. The van der Waals surface area contributed by atoms with Gasteiger partial charge in [0.25, 0.3) is 0 Å². The average molecular weight is 322 g/mol. The topological polar surface area (TPSA) is 67.4 Å². The largest absolute Gasteiger partial charge is 0.467 e. The van der Waals surface area contributed by atoms with E-state index in [-0.39, 0.29) is 5.69 Å². The van der Waals surface area contributed by atoms with Crippen molar-refractivity contribution in [2.45, 2.75) is 26.1 Å². The van der Waals surface area contributed by atoms with E-state index >= 15 is 0 Å². The van der Waals surface area contributed by atoms with Crippen molar-refractivity contribution in [3.05, 3.63) is 29.1 Å². The average Bonchev–Trinajstić information content (AvgIpc) is 2.39. The van der Waals surface area contributed by atoms with Crippen molar-refractivity contribution >= 4 is 17.7 Å². The van der Waals surface area contributed by atoms with Gasteiger partial charge < -0.3 is 15.4 Å². The third-order valence-electron chi connectivity index (χ3n) is 2.85. The fraction of sp³-hybridized carbons (Fsp3) is 0.385. The molecule has 0 fully saturated rings. The zero-order chi connectivity index (χ0) is 17.1. The van der Waals surface area contributed by atoms with Crippen LogP contribution in [0.2, 0.25) is 0 Å². The van der Waals surface area contributed by atoms with Crippen LogP contribution in [0.3, 0.4) is 0 Å². The summed E-state index contributed by atoms with van der Waals surface area (Å²) < 4.78 is 56.0. The minimum atomic E-state index is -4.89. The number of rotatable bonds is 3. The third kappa shape index (κ3) is 4.09. The predicted molar refractivity (Wildman–Crippen MR) is 69.8 cm³/mol. The van der Waals surface area contributed by atoms with Gasteiger partial charge in [0.1, 0.15) is 11.9 Å². The quantitative estimate of drug-likeness (QED) is 0.664. The van der Waals surface area contributed by atoms with E-state index in [1.807, 2.05) is 0 Å². The van der Waals surface area contributed by atoms with Crippen LogP contribution in [-0.2, 0) is 15.7 Å². The number of halogens is 4. The van der Waals surface area contributed by atoms with E-state index in [0.717, 1.165) is 20.1 Å². The van der Waals surface area contributed by atoms with Crippen LogP contribution in [0.1, 0.15) is 18.1 Å². The van der Waals surface area contributed by atoms with Gasteiger partial charge in [0.15, 0.2) is 0 Å². The first kappa shape index (κ1) is 17.7. The van der Waals surface area contributed by atoms with Gasteiger partial charge in [-0.15, -0.1) is 0 Å². The molecule has 5 nitrogen and oxygen atoms in total. The fourth-order valence-corrected chi connectivity index (χ4v) is 1.75. The first-order valence-corrected chi connectivity index (χ1v) is 6.09. The molecule has 122 valence electrons. The highest BCUT2D eigenvalue weighted by Gasteiger charge is 2.36. The van der Waals surface area contributed by atoms with Crippen molar-refractivity contribution in [3.63, 3.8) is 0 Å². The monoisotopic (exact) mass is 322 g/mol. The second-order valence-corrected chi connectivity index (χ2v) is 4.44. The molecule has 2 amide bonds. The molecule has 0 aliphatic carbocycles. The molecule has 1 aromatic rings. The summed E-state index contributed by atoms with van der Waals surface area (Å²) in [4.78, 5) is 22.8. The molecule has 1 unspecified atom stereocenters. The van der Waals surface area contributed by atoms with Crippen molar-refractivity contribution in [1.29, 1.82) is 0 Å². The van der Waals surface area contributed by atoms with Gasteiger partial charge in [0.2, 0.25) is 0 Å². The number of hydrogen-bond donors (Lipinski definition) is 2. The van der Waals surface area contributed by atoms with Gasteiger partial charge in [-0.25, -0.2) is 14.0 Å². The maximum atomic E-state index is 13.3. The summed E-state index contributed by atoms with van der Waals surface area (Å²) >= 11 is 0. The van der Waals surface area contributed by atoms with Crippen LogP contribution in [0.25, 0.3) is 0 Å². The number of esters is 1. The Hall–Kier alpha value is -2.32. The Labute approximate surface area is 123 Å².